The minimum Gasteiger partial charge on any atom is -0.390 e. The van der Waals surface area contributed by atoms with E-state index in [0.29, 0.717) is 0 Å². The minimum absolute atomic E-state index is 0.0385. The summed E-state index contributed by atoms with van der Waals surface area (Å²) in [5, 5.41) is 11.8. The van der Waals surface area contributed by atoms with Gasteiger partial charge in [-0.2, -0.15) is 0 Å². The molecule has 0 heterocycles. The van der Waals surface area contributed by atoms with Gasteiger partial charge in [-0.15, -0.1) is 0 Å². The van der Waals surface area contributed by atoms with E-state index in [1.165, 1.54) is 0 Å². The van der Waals surface area contributed by atoms with E-state index in [-0.39, 0.29) is 18.2 Å². The summed E-state index contributed by atoms with van der Waals surface area (Å²) in [4.78, 5) is 11.4. The van der Waals surface area contributed by atoms with Gasteiger partial charge in [0, 0.05) is 18.2 Å². The average Bonchev–Trinajstić information content (AvgIpc) is 1.94. The van der Waals surface area contributed by atoms with Crippen LogP contribution in [0.3, 0.4) is 0 Å². The van der Waals surface area contributed by atoms with E-state index < -0.39 is 21.4 Å². The Kier molecular flexibility index (Phi) is 4.73. The first-order chi connectivity index (χ1) is 6.52. The number of aliphatic hydroxyl groups is 1. The highest BCUT2D eigenvalue weighted by Gasteiger charge is 2.22. The zero-order valence-electron chi connectivity index (χ0n) is 9.57. The molecule has 0 aromatic heterocycles. The lowest BCUT2D eigenvalue weighted by molar-refractivity contribution is -0.128. The van der Waals surface area contributed by atoms with Crippen LogP contribution in [0, 0.1) is 5.41 Å². The van der Waals surface area contributed by atoms with Crippen molar-refractivity contribution in [3.63, 3.8) is 0 Å². The van der Waals surface area contributed by atoms with Gasteiger partial charge in [-0.3, -0.25) is 4.79 Å². The molecule has 15 heavy (non-hydrogen) atoms. The highest BCUT2D eigenvalue weighted by Crippen LogP contribution is 2.12. The van der Waals surface area contributed by atoms with Crippen LogP contribution >= 0.6 is 0 Å². The number of carbonyl (C=O) groups excluding carboxylic acids is 1. The number of carbonyl (C=O) groups is 1. The lowest BCUT2D eigenvalue weighted by Crippen LogP contribution is -2.41. The summed E-state index contributed by atoms with van der Waals surface area (Å²) < 4.78 is 21.6. The Bertz CT molecular complexity index is 315. The number of hydrogen-bond acceptors (Lipinski definition) is 4. The summed E-state index contributed by atoms with van der Waals surface area (Å²) in [5.41, 5.74) is -0.537. The third-order valence-electron chi connectivity index (χ3n) is 1.67. The number of sulfone groups is 1. The molecule has 90 valence electrons. The van der Waals surface area contributed by atoms with Crippen molar-refractivity contribution in [3.8, 4) is 0 Å². The van der Waals surface area contributed by atoms with Gasteiger partial charge in [0.1, 0.15) is 9.84 Å². The Morgan fingerprint density at radius 1 is 1.40 bits per heavy atom. The third-order valence-corrected chi connectivity index (χ3v) is 2.66. The fourth-order valence-electron chi connectivity index (χ4n) is 0.884. The maximum absolute atomic E-state index is 11.4. The molecule has 0 aromatic carbocycles. The van der Waals surface area contributed by atoms with E-state index in [1.54, 1.807) is 20.8 Å². The van der Waals surface area contributed by atoms with Crippen LogP contribution in [0.4, 0.5) is 0 Å². The van der Waals surface area contributed by atoms with Crippen molar-refractivity contribution in [1.82, 2.24) is 5.32 Å². The first-order valence-electron chi connectivity index (χ1n) is 4.66. The molecule has 5 nitrogen and oxygen atoms in total. The molecule has 0 aromatic rings. The quantitative estimate of drug-likeness (QED) is 0.694. The number of rotatable bonds is 4. The maximum Gasteiger partial charge on any atom is 0.225 e. The van der Waals surface area contributed by atoms with Gasteiger partial charge < -0.3 is 10.4 Å². The van der Waals surface area contributed by atoms with Crippen molar-refractivity contribution >= 4 is 15.7 Å². The van der Waals surface area contributed by atoms with Crippen LogP contribution in [0.25, 0.3) is 0 Å². The maximum atomic E-state index is 11.4. The summed E-state index contributed by atoms with van der Waals surface area (Å²) in [6.45, 7) is 5.19. The molecule has 0 rings (SSSR count). The lowest BCUT2D eigenvalue weighted by atomic mass is 9.96. The van der Waals surface area contributed by atoms with Gasteiger partial charge in [-0.25, -0.2) is 8.42 Å². The molecule has 0 aliphatic heterocycles. The van der Waals surface area contributed by atoms with Gasteiger partial charge in [-0.05, 0) is 0 Å². The van der Waals surface area contributed by atoms with Crippen LogP contribution in [-0.4, -0.2) is 44.1 Å². The zero-order valence-corrected chi connectivity index (χ0v) is 10.4. The van der Waals surface area contributed by atoms with E-state index >= 15 is 0 Å². The second-order valence-corrected chi connectivity index (χ2v) is 6.89. The minimum atomic E-state index is -3.21. The first kappa shape index (κ1) is 14.4. The zero-order chi connectivity index (χ0) is 12.3. The summed E-state index contributed by atoms with van der Waals surface area (Å²) in [6.07, 6.45) is -0.00627. The SMILES string of the molecule is CC(C)(C)C(=O)NCC(O)CS(C)(=O)=O. The van der Waals surface area contributed by atoms with Crippen molar-refractivity contribution in [2.45, 2.75) is 26.9 Å². The number of aliphatic hydroxyl groups excluding tert-OH is 1. The Morgan fingerprint density at radius 2 is 1.87 bits per heavy atom. The molecule has 0 aliphatic rings. The molecule has 0 radical (unpaired) electrons. The molecule has 2 N–H and O–H groups in total. The Balaban J connectivity index is 4.03. The standard InChI is InChI=1S/C9H19NO4S/c1-9(2,3)8(12)10-5-7(11)6-15(4,13)14/h7,11H,5-6H2,1-4H3,(H,10,12). The molecule has 6 heteroatoms. The molecular weight excluding hydrogens is 218 g/mol. The van der Waals surface area contributed by atoms with Crippen LogP contribution in [-0.2, 0) is 14.6 Å². The van der Waals surface area contributed by atoms with Crippen LogP contribution in [0.5, 0.6) is 0 Å². The molecule has 0 aliphatic carbocycles. The molecular formula is C9H19NO4S. The van der Waals surface area contributed by atoms with E-state index in [0.717, 1.165) is 6.26 Å². The molecule has 0 spiro atoms. The molecule has 1 atom stereocenters. The number of nitrogens with one attached hydrogen (secondary N) is 1. The Morgan fingerprint density at radius 3 is 2.20 bits per heavy atom. The number of amides is 1. The van der Waals surface area contributed by atoms with Crippen molar-refractivity contribution < 1.29 is 18.3 Å². The molecule has 0 saturated heterocycles. The average molecular weight is 237 g/mol. The van der Waals surface area contributed by atoms with Gasteiger partial charge >= 0.3 is 0 Å². The number of hydrogen-bond donors (Lipinski definition) is 2. The summed E-state index contributed by atoms with van der Waals surface area (Å²) >= 11 is 0. The predicted octanol–water partition coefficient (Wildman–Crippen LogP) is -0.446. The van der Waals surface area contributed by atoms with Crippen LogP contribution in [0.2, 0.25) is 0 Å². The van der Waals surface area contributed by atoms with Gasteiger partial charge in [0.2, 0.25) is 5.91 Å². The van der Waals surface area contributed by atoms with Crippen LogP contribution in [0.15, 0.2) is 0 Å². The molecule has 1 unspecified atom stereocenters. The smallest absolute Gasteiger partial charge is 0.225 e. The van der Waals surface area contributed by atoms with Gasteiger partial charge in [-0.1, -0.05) is 20.8 Å². The van der Waals surface area contributed by atoms with E-state index in [4.69, 9.17) is 0 Å². The Hall–Kier alpha value is -0.620. The predicted molar refractivity (Wildman–Crippen MR) is 58.2 cm³/mol. The highest BCUT2D eigenvalue weighted by atomic mass is 32.2. The molecule has 0 saturated carbocycles. The van der Waals surface area contributed by atoms with E-state index in [1.807, 2.05) is 0 Å². The molecule has 1 amide bonds. The van der Waals surface area contributed by atoms with Gasteiger partial charge in [0.25, 0.3) is 0 Å². The monoisotopic (exact) mass is 237 g/mol. The molecule has 0 fully saturated rings. The fraction of sp³-hybridized carbons (Fsp3) is 0.889. The second kappa shape index (κ2) is 4.94. The van der Waals surface area contributed by atoms with Crippen molar-refractivity contribution in [2.24, 2.45) is 5.41 Å². The van der Waals surface area contributed by atoms with Gasteiger partial charge in [0.15, 0.2) is 0 Å². The summed E-state index contributed by atoms with van der Waals surface area (Å²) in [5.74, 6) is -0.549. The lowest BCUT2D eigenvalue weighted by Gasteiger charge is -2.19. The second-order valence-electron chi connectivity index (χ2n) is 4.71. The normalized spacial score (nSPS) is 14.7. The molecule has 0 bridgehead atoms. The topological polar surface area (TPSA) is 83.5 Å². The summed E-state index contributed by atoms with van der Waals surface area (Å²) in [7, 11) is -3.21. The van der Waals surface area contributed by atoms with Gasteiger partial charge in [0.05, 0.1) is 11.9 Å². The first-order valence-corrected chi connectivity index (χ1v) is 6.72. The van der Waals surface area contributed by atoms with Crippen LogP contribution < -0.4 is 5.32 Å². The van der Waals surface area contributed by atoms with Crippen molar-refractivity contribution in [1.29, 1.82) is 0 Å². The summed E-state index contributed by atoms with van der Waals surface area (Å²) in [6, 6.07) is 0. The van der Waals surface area contributed by atoms with Crippen LogP contribution in [0.1, 0.15) is 20.8 Å². The van der Waals surface area contributed by atoms with E-state index in [2.05, 4.69) is 5.32 Å². The highest BCUT2D eigenvalue weighted by molar-refractivity contribution is 7.90. The van der Waals surface area contributed by atoms with Crippen molar-refractivity contribution in [2.75, 3.05) is 18.6 Å². The third kappa shape index (κ3) is 7.33. The van der Waals surface area contributed by atoms with E-state index in [9.17, 15) is 18.3 Å². The largest absolute Gasteiger partial charge is 0.390 e. The fourth-order valence-corrected chi connectivity index (χ4v) is 1.70. The van der Waals surface area contributed by atoms with Crippen molar-refractivity contribution in [3.05, 3.63) is 0 Å². The Labute approximate surface area is 90.8 Å².